The lowest BCUT2D eigenvalue weighted by molar-refractivity contribution is 0.795. The van der Waals surface area contributed by atoms with Gasteiger partial charge in [-0.05, 0) is 28.1 Å². The first-order valence-electron chi connectivity index (χ1n) is 4.03. The lowest BCUT2D eigenvalue weighted by atomic mass is 10.3. The molecule has 2 rings (SSSR count). The fourth-order valence-electron chi connectivity index (χ4n) is 1.54. The smallest absolute Gasteiger partial charge is 0.295 e. The van der Waals surface area contributed by atoms with Gasteiger partial charge in [-0.1, -0.05) is 11.6 Å². The van der Waals surface area contributed by atoms with Crippen molar-refractivity contribution in [1.82, 2.24) is 9.13 Å². The van der Waals surface area contributed by atoms with Crippen molar-refractivity contribution in [2.75, 3.05) is 0 Å². The molecule has 0 unspecified atom stereocenters. The molecule has 0 atom stereocenters. The molecule has 0 saturated carbocycles. The lowest BCUT2D eigenvalue weighted by Crippen LogP contribution is -2.19. The topological polar surface area (TPSA) is 26.9 Å². The van der Waals surface area contributed by atoms with E-state index in [2.05, 4.69) is 15.9 Å². The summed E-state index contributed by atoms with van der Waals surface area (Å²) in [5.74, 6) is 0. The van der Waals surface area contributed by atoms with Crippen LogP contribution < -0.4 is 5.69 Å². The summed E-state index contributed by atoms with van der Waals surface area (Å²) in [6, 6.07) is 3.71. The first kappa shape index (κ1) is 9.80. The number of rotatable bonds is 0. The van der Waals surface area contributed by atoms with Crippen molar-refractivity contribution < 1.29 is 0 Å². The van der Waals surface area contributed by atoms with Crippen LogP contribution >= 0.6 is 27.5 Å². The van der Waals surface area contributed by atoms with Crippen molar-refractivity contribution in [1.29, 1.82) is 0 Å². The number of nitrogens with zero attached hydrogens (tertiary/aromatic N) is 2. The predicted octanol–water partition coefficient (Wildman–Crippen LogP) is 2.29. The molecule has 0 spiro atoms. The molecular weight excluding hydrogens is 267 g/mol. The van der Waals surface area contributed by atoms with E-state index >= 15 is 0 Å². The summed E-state index contributed by atoms with van der Waals surface area (Å²) < 4.78 is 3.92. The standard InChI is InChI=1S/C9H8BrClN2O/c1-12-6-4-3-5(10)7(11)8(6)13(2)9(12)14/h3-4H,1-2H3. The predicted molar refractivity (Wildman–Crippen MR) is 60.9 cm³/mol. The number of aromatic nitrogens is 2. The molecular formula is C9H8BrClN2O. The van der Waals surface area contributed by atoms with Crippen molar-refractivity contribution in [2.24, 2.45) is 14.1 Å². The van der Waals surface area contributed by atoms with Crippen LogP contribution in [0.25, 0.3) is 11.0 Å². The summed E-state index contributed by atoms with van der Waals surface area (Å²) in [4.78, 5) is 11.6. The van der Waals surface area contributed by atoms with Gasteiger partial charge < -0.3 is 0 Å². The maximum Gasteiger partial charge on any atom is 0.328 e. The molecule has 0 aliphatic heterocycles. The molecule has 0 radical (unpaired) electrons. The van der Waals surface area contributed by atoms with Crippen LogP contribution in [0, 0.1) is 0 Å². The van der Waals surface area contributed by atoms with Gasteiger partial charge in [-0.25, -0.2) is 4.79 Å². The van der Waals surface area contributed by atoms with Crippen molar-refractivity contribution in [3.8, 4) is 0 Å². The zero-order valence-corrected chi connectivity index (χ0v) is 10.1. The third-order valence-corrected chi connectivity index (χ3v) is 3.59. The quantitative estimate of drug-likeness (QED) is 0.725. The van der Waals surface area contributed by atoms with Crippen LogP contribution in [0.5, 0.6) is 0 Å². The van der Waals surface area contributed by atoms with Gasteiger partial charge in [-0.3, -0.25) is 9.13 Å². The molecule has 5 heteroatoms. The molecule has 0 amide bonds. The molecule has 3 nitrogen and oxygen atoms in total. The average molecular weight is 276 g/mol. The molecule has 1 aromatic carbocycles. The van der Waals surface area contributed by atoms with Crippen LogP contribution in [-0.2, 0) is 14.1 Å². The first-order valence-corrected chi connectivity index (χ1v) is 5.20. The molecule has 0 bridgehead atoms. The molecule has 1 heterocycles. The van der Waals surface area contributed by atoms with Crippen LogP contribution in [0.3, 0.4) is 0 Å². The Morgan fingerprint density at radius 2 is 1.93 bits per heavy atom. The monoisotopic (exact) mass is 274 g/mol. The Morgan fingerprint density at radius 1 is 1.29 bits per heavy atom. The SMILES string of the molecule is Cn1c(=O)n(C)c2c(Cl)c(Br)ccc21. The van der Waals surface area contributed by atoms with E-state index in [9.17, 15) is 4.79 Å². The Labute approximate surface area is 94.0 Å². The molecule has 14 heavy (non-hydrogen) atoms. The summed E-state index contributed by atoms with van der Waals surface area (Å²) in [6.07, 6.45) is 0. The second-order valence-corrected chi connectivity index (χ2v) is 4.36. The van der Waals surface area contributed by atoms with E-state index in [0.717, 1.165) is 15.5 Å². The molecule has 0 aliphatic carbocycles. The van der Waals surface area contributed by atoms with Gasteiger partial charge in [0.05, 0.1) is 16.1 Å². The molecule has 0 fully saturated rings. The Morgan fingerprint density at radius 3 is 2.57 bits per heavy atom. The van der Waals surface area contributed by atoms with Crippen LogP contribution in [0.4, 0.5) is 0 Å². The Hall–Kier alpha value is -0.740. The number of aryl methyl sites for hydroxylation is 2. The van der Waals surface area contributed by atoms with Crippen molar-refractivity contribution >= 4 is 38.6 Å². The highest BCUT2D eigenvalue weighted by Crippen LogP contribution is 2.29. The minimum absolute atomic E-state index is 0.0694. The Balaban J connectivity index is 3.11. The van der Waals surface area contributed by atoms with Crippen molar-refractivity contribution in [3.63, 3.8) is 0 Å². The minimum Gasteiger partial charge on any atom is -0.295 e. The molecule has 74 valence electrons. The van der Waals surface area contributed by atoms with Crippen LogP contribution in [0.15, 0.2) is 21.4 Å². The molecule has 0 N–H and O–H groups in total. The van der Waals surface area contributed by atoms with Gasteiger partial charge in [-0.15, -0.1) is 0 Å². The van der Waals surface area contributed by atoms with Gasteiger partial charge >= 0.3 is 5.69 Å². The van der Waals surface area contributed by atoms with E-state index in [1.807, 2.05) is 12.1 Å². The van der Waals surface area contributed by atoms with Crippen LogP contribution in [-0.4, -0.2) is 9.13 Å². The maximum absolute atomic E-state index is 11.6. The van der Waals surface area contributed by atoms with Gasteiger partial charge in [0.1, 0.15) is 0 Å². The van der Waals surface area contributed by atoms with Gasteiger partial charge in [0, 0.05) is 18.6 Å². The highest BCUT2D eigenvalue weighted by molar-refractivity contribution is 9.10. The average Bonchev–Trinajstić information content (AvgIpc) is 2.38. The normalized spacial score (nSPS) is 11.1. The molecule has 1 aromatic heterocycles. The summed E-state index contributed by atoms with van der Waals surface area (Å²) >= 11 is 9.42. The summed E-state index contributed by atoms with van der Waals surface area (Å²) in [6.45, 7) is 0. The zero-order chi connectivity index (χ0) is 10.5. The fraction of sp³-hybridized carbons (Fsp3) is 0.222. The van der Waals surface area contributed by atoms with Gasteiger partial charge in [-0.2, -0.15) is 0 Å². The largest absolute Gasteiger partial charge is 0.328 e. The zero-order valence-electron chi connectivity index (χ0n) is 7.71. The van der Waals surface area contributed by atoms with E-state index in [0.29, 0.717) is 5.02 Å². The minimum atomic E-state index is -0.0694. The first-order chi connectivity index (χ1) is 6.54. The van der Waals surface area contributed by atoms with E-state index < -0.39 is 0 Å². The van der Waals surface area contributed by atoms with Crippen LogP contribution in [0.2, 0.25) is 5.02 Å². The van der Waals surface area contributed by atoms with Crippen LogP contribution in [0.1, 0.15) is 0 Å². The third-order valence-electron chi connectivity index (χ3n) is 2.32. The molecule has 0 aliphatic rings. The number of imidazole rings is 1. The van der Waals surface area contributed by atoms with Gasteiger partial charge in [0.25, 0.3) is 0 Å². The second kappa shape index (κ2) is 3.14. The maximum atomic E-state index is 11.6. The molecule has 2 aromatic rings. The Kier molecular flexibility index (Phi) is 2.20. The number of halogens is 2. The molecule has 0 saturated heterocycles. The number of hydrogen-bond donors (Lipinski definition) is 0. The summed E-state index contributed by atoms with van der Waals surface area (Å²) in [5.41, 5.74) is 1.53. The van der Waals surface area contributed by atoms with E-state index in [-0.39, 0.29) is 5.69 Å². The van der Waals surface area contributed by atoms with E-state index in [4.69, 9.17) is 11.6 Å². The van der Waals surface area contributed by atoms with E-state index in [1.165, 1.54) is 0 Å². The van der Waals surface area contributed by atoms with Crippen molar-refractivity contribution in [3.05, 3.63) is 32.1 Å². The Bertz CT molecular complexity index is 570. The highest BCUT2D eigenvalue weighted by Gasteiger charge is 2.12. The van der Waals surface area contributed by atoms with Gasteiger partial charge in [0.15, 0.2) is 0 Å². The highest BCUT2D eigenvalue weighted by atomic mass is 79.9. The van der Waals surface area contributed by atoms with E-state index in [1.54, 1.807) is 23.2 Å². The number of hydrogen-bond acceptors (Lipinski definition) is 1. The summed E-state index contributed by atoms with van der Waals surface area (Å²) in [5, 5.41) is 0.572. The second-order valence-electron chi connectivity index (χ2n) is 3.13. The third kappa shape index (κ3) is 1.14. The number of benzene rings is 1. The number of fused-ring (bicyclic) bond motifs is 1. The lowest BCUT2D eigenvalue weighted by Gasteiger charge is -1.99. The fourth-order valence-corrected chi connectivity index (χ4v) is 2.15. The van der Waals surface area contributed by atoms with Crippen molar-refractivity contribution in [2.45, 2.75) is 0 Å². The summed E-state index contributed by atoms with van der Waals surface area (Å²) in [7, 11) is 3.44. The van der Waals surface area contributed by atoms with Gasteiger partial charge in [0.2, 0.25) is 0 Å².